The summed E-state index contributed by atoms with van der Waals surface area (Å²) >= 11 is 0. The molecule has 0 saturated carbocycles. The van der Waals surface area contributed by atoms with Crippen molar-refractivity contribution in [2.24, 2.45) is 5.92 Å². The van der Waals surface area contributed by atoms with E-state index in [2.05, 4.69) is 5.32 Å². The summed E-state index contributed by atoms with van der Waals surface area (Å²) in [4.78, 5) is 37.2. The number of carbonyl (C=O) groups is 3. The Morgan fingerprint density at radius 3 is 2.65 bits per heavy atom. The molecule has 7 nitrogen and oxygen atoms in total. The summed E-state index contributed by atoms with van der Waals surface area (Å²) in [5, 5.41) is 11.5. The van der Waals surface area contributed by atoms with Gasteiger partial charge in [-0.15, -0.1) is 0 Å². The van der Waals surface area contributed by atoms with Gasteiger partial charge in [0, 0.05) is 13.0 Å². The van der Waals surface area contributed by atoms with Crippen LogP contribution < -0.4 is 5.32 Å². The van der Waals surface area contributed by atoms with E-state index in [0.717, 1.165) is 5.56 Å². The van der Waals surface area contributed by atoms with Crippen LogP contribution in [0, 0.1) is 5.92 Å². The molecule has 1 aromatic heterocycles. The molecular weight excluding hydrogens is 336 g/mol. The Hall–Kier alpha value is -3.09. The molecule has 0 unspecified atom stereocenters. The molecule has 1 aromatic carbocycles. The summed E-state index contributed by atoms with van der Waals surface area (Å²) in [6.45, 7) is 2.40. The van der Waals surface area contributed by atoms with Gasteiger partial charge < -0.3 is 19.7 Å². The number of carboxylic acid groups (broad SMARTS) is 1. The van der Waals surface area contributed by atoms with Crippen molar-refractivity contribution in [2.45, 2.75) is 25.9 Å². The number of amides is 2. The fraction of sp³-hybridized carbons (Fsp3) is 0.316. The second-order valence-electron chi connectivity index (χ2n) is 6.32. The summed E-state index contributed by atoms with van der Waals surface area (Å²) in [7, 11) is 0. The molecule has 2 heterocycles. The first-order chi connectivity index (χ1) is 12.5. The summed E-state index contributed by atoms with van der Waals surface area (Å²) in [5.41, 5.74) is 1.03. The molecule has 1 aliphatic heterocycles. The zero-order valence-corrected chi connectivity index (χ0v) is 14.3. The smallest absolute Gasteiger partial charge is 0.371 e. The molecule has 1 fully saturated rings. The first kappa shape index (κ1) is 17.7. The minimum atomic E-state index is -1.16. The Kier molecular flexibility index (Phi) is 5.06. The second-order valence-corrected chi connectivity index (χ2v) is 6.32. The van der Waals surface area contributed by atoms with Gasteiger partial charge in [-0.1, -0.05) is 30.3 Å². The van der Waals surface area contributed by atoms with E-state index >= 15 is 0 Å². The summed E-state index contributed by atoms with van der Waals surface area (Å²) in [5.74, 6) is -1.69. The van der Waals surface area contributed by atoms with Crippen molar-refractivity contribution >= 4 is 17.8 Å². The maximum absolute atomic E-state index is 12.4. The van der Waals surface area contributed by atoms with Crippen LogP contribution in [0.5, 0.6) is 0 Å². The summed E-state index contributed by atoms with van der Waals surface area (Å²) in [6, 6.07) is 12.4. The third-order valence-corrected chi connectivity index (χ3v) is 4.59. The van der Waals surface area contributed by atoms with Gasteiger partial charge in [0.05, 0.1) is 18.5 Å². The molecule has 2 amide bonds. The average molecular weight is 356 g/mol. The third kappa shape index (κ3) is 3.77. The van der Waals surface area contributed by atoms with Crippen LogP contribution in [0.4, 0.5) is 0 Å². The lowest BCUT2D eigenvalue weighted by molar-refractivity contribution is -0.130. The molecule has 0 aliphatic carbocycles. The lowest BCUT2D eigenvalue weighted by Gasteiger charge is -2.25. The number of nitrogens with zero attached hydrogens (tertiary/aromatic N) is 1. The fourth-order valence-electron chi connectivity index (χ4n) is 3.10. The molecule has 0 spiro atoms. The van der Waals surface area contributed by atoms with E-state index in [0.29, 0.717) is 12.3 Å². The highest BCUT2D eigenvalue weighted by molar-refractivity contribution is 5.89. The SMILES string of the molecule is C[C@@H](c1ccccc1)N1C[C@@H](C(=O)NCc2ccc(C(=O)O)o2)CC1=O. The van der Waals surface area contributed by atoms with E-state index in [-0.39, 0.29) is 36.6 Å². The molecule has 1 saturated heterocycles. The molecule has 136 valence electrons. The van der Waals surface area contributed by atoms with E-state index in [9.17, 15) is 14.4 Å². The number of benzene rings is 1. The summed E-state index contributed by atoms with van der Waals surface area (Å²) in [6.07, 6.45) is 0.168. The predicted molar refractivity (Wildman–Crippen MR) is 92.2 cm³/mol. The zero-order chi connectivity index (χ0) is 18.7. The number of hydrogen-bond donors (Lipinski definition) is 2. The molecule has 1 aliphatic rings. The Morgan fingerprint density at radius 1 is 1.27 bits per heavy atom. The van der Waals surface area contributed by atoms with Crippen LogP contribution in [0.25, 0.3) is 0 Å². The minimum Gasteiger partial charge on any atom is -0.475 e. The van der Waals surface area contributed by atoms with Crippen LogP contribution in [0.2, 0.25) is 0 Å². The van der Waals surface area contributed by atoms with Gasteiger partial charge in [0.25, 0.3) is 0 Å². The van der Waals surface area contributed by atoms with Crippen molar-refractivity contribution in [3.63, 3.8) is 0 Å². The van der Waals surface area contributed by atoms with Crippen molar-refractivity contribution in [1.29, 1.82) is 0 Å². The van der Waals surface area contributed by atoms with Crippen LogP contribution in [0.1, 0.15) is 41.3 Å². The highest BCUT2D eigenvalue weighted by Gasteiger charge is 2.36. The normalized spacial score (nSPS) is 18.0. The van der Waals surface area contributed by atoms with Crippen LogP contribution >= 0.6 is 0 Å². The van der Waals surface area contributed by atoms with Crippen molar-refractivity contribution < 1.29 is 23.9 Å². The molecule has 2 N–H and O–H groups in total. The maximum Gasteiger partial charge on any atom is 0.371 e. The number of carboxylic acids is 1. The van der Waals surface area contributed by atoms with E-state index in [1.165, 1.54) is 12.1 Å². The van der Waals surface area contributed by atoms with Gasteiger partial charge in [-0.05, 0) is 24.6 Å². The number of nitrogens with one attached hydrogen (secondary N) is 1. The largest absolute Gasteiger partial charge is 0.475 e. The van der Waals surface area contributed by atoms with E-state index in [1.807, 2.05) is 37.3 Å². The standard InChI is InChI=1S/C19H20N2O5/c1-12(13-5-3-2-4-6-13)21-11-14(9-17(21)22)18(23)20-10-15-7-8-16(26-15)19(24)25/h2-8,12,14H,9-11H2,1H3,(H,20,23)(H,24,25)/t12-,14-/m0/s1. The van der Waals surface area contributed by atoms with Gasteiger partial charge in [-0.25, -0.2) is 4.79 Å². The monoisotopic (exact) mass is 356 g/mol. The van der Waals surface area contributed by atoms with Gasteiger partial charge in [0.15, 0.2) is 0 Å². The lowest BCUT2D eigenvalue weighted by atomic mass is 10.1. The van der Waals surface area contributed by atoms with Gasteiger partial charge in [-0.3, -0.25) is 9.59 Å². The number of hydrogen-bond acceptors (Lipinski definition) is 4. The van der Waals surface area contributed by atoms with Crippen molar-refractivity contribution in [2.75, 3.05) is 6.54 Å². The minimum absolute atomic E-state index is 0.0485. The topological polar surface area (TPSA) is 99.8 Å². The Balaban J connectivity index is 1.57. The maximum atomic E-state index is 12.4. The molecule has 2 aromatic rings. The van der Waals surface area contributed by atoms with Gasteiger partial charge in [0.2, 0.25) is 17.6 Å². The van der Waals surface area contributed by atoms with E-state index in [1.54, 1.807) is 4.90 Å². The van der Waals surface area contributed by atoms with Crippen LogP contribution in [0.3, 0.4) is 0 Å². The number of carbonyl (C=O) groups excluding carboxylic acids is 2. The number of furan rings is 1. The predicted octanol–water partition coefficient (Wildman–Crippen LogP) is 2.20. The molecule has 0 radical (unpaired) electrons. The molecule has 26 heavy (non-hydrogen) atoms. The number of aromatic carboxylic acids is 1. The number of rotatable bonds is 6. The Morgan fingerprint density at radius 2 is 2.00 bits per heavy atom. The molecule has 3 rings (SSSR count). The highest BCUT2D eigenvalue weighted by atomic mass is 16.4. The highest BCUT2D eigenvalue weighted by Crippen LogP contribution is 2.28. The van der Waals surface area contributed by atoms with Gasteiger partial charge in [0.1, 0.15) is 5.76 Å². The fourth-order valence-corrected chi connectivity index (χ4v) is 3.10. The third-order valence-electron chi connectivity index (χ3n) is 4.59. The summed E-state index contributed by atoms with van der Waals surface area (Å²) < 4.78 is 5.10. The van der Waals surface area contributed by atoms with Crippen LogP contribution in [-0.4, -0.2) is 34.3 Å². The Labute approximate surface area is 150 Å². The van der Waals surface area contributed by atoms with Crippen molar-refractivity contribution in [3.8, 4) is 0 Å². The lowest BCUT2D eigenvalue weighted by Crippen LogP contribution is -2.33. The second kappa shape index (κ2) is 7.43. The van der Waals surface area contributed by atoms with E-state index < -0.39 is 11.9 Å². The molecule has 2 atom stereocenters. The van der Waals surface area contributed by atoms with Crippen molar-refractivity contribution in [3.05, 3.63) is 59.5 Å². The Bertz CT molecular complexity index is 814. The molecular formula is C19H20N2O5. The zero-order valence-electron chi connectivity index (χ0n) is 14.3. The van der Waals surface area contributed by atoms with Crippen LogP contribution in [0.15, 0.2) is 46.9 Å². The van der Waals surface area contributed by atoms with Gasteiger partial charge >= 0.3 is 5.97 Å². The average Bonchev–Trinajstić information content (AvgIpc) is 3.27. The molecule has 7 heteroatoms. The van der Waals surface area contributed by atoms with Gasteiger partial charge in [-0.2, -0.15) is 0 Å². The van der Waals surface area contributed by atoms with Crippen LogP contribution in [-0.2, 0) is 16.1 Å². The quantitative estimate of drug-likeness (QED) is 0.826. The first-order valence-electron chi connectivity index (χ1n) is 8.40. The van der Waals surface area contributed by atoms with E-state index in [4.69, 9.17) is 9.52 Å². The number of likely N-dealkylation sites (tertiary alicyclic amines) is 1. The first-order valence-corrected chi connectivity index (χ1v) is 8.40. The van der Waals surface area contributed by atoms with Crippen molar-refractivity contribution in [1.82, 2.24) is 10.2 Å². The molecule has 0 bridgehead atoms.